The summed E-state index contributed by atoms with van der Waals surface area (Å²) in [6.07, 6.45) is 6.07. The summed E-state index contributed by atoms with van der Waals surface area (Å²) >= 11 is 0. The van der Waals surface area contributed by atoms with Crippen LogP contribution in [0.25, 0.3) is 5.76 Å². The second kappa shape index (κ2) is 12.3. The zero-order valence-electron chi connectivity index (χ0n) is 23.7. The van der Waals surface area contributed by atoms with Crippen molar-refractivity contribution in [1.82, 2.24) is 9.88 Å². The molecule has 0 radical (unpaired) electrons. The lowest BCUT2D eigenvalue weighted by Gasteiger charge is -2.28. The van der Waals surface area contributed by atoms with Crippen molar-refractivity contribution in [1.29, 1.82) is 0 Å². The van der Waals surface area contributed by atoms with Gasteiger partial charge in [-0.25, -0.2) is 4.57 Å². The van der Waals surface area contributed by atoms with Crippen LogP contribution in [0.2, 0.25) is 0 Å². The smallest absolute Gasteiger partial charge is 0.295 e. The van der Waals surface area contributed by atoms with E-state index in [-0.39, 0.29) is 17.7 Å². The first-order chi connectivity index (χ1) is 21.0. The minimum atomic E-state index is -0.908. The summed E-state index contributed by atoms with van der Waals surface area (Å²) in [6.45, 7) is 1.98. The van der Waals surface area contributed by atoms with Crippen LogP contribution < -0.4 is 28.6 Å². The van der Waals surface area contributed by atoms with Crippen LogP contribution in [0, 0.1) is 0 Å². The highest BCUT2D eigenvalue weighted by Gasteiger charge is 2.44. The minimum absolute atomic E-state index is 0.115. The second-order valence-corrected chi connectivity index (χ2v) is 10.2. The van der Waals surface area contributed by atoms with Gasteiger partial charge >= 0.3 is 0 Å². The Labute approximate surface area is 248 Å². The highest BCUT2D eigenvalue weighted by Crippen LogP contribution is 2.42. The van der Waals surface area contributed by atoms with Gasteiger partial charge in [-0.1, -0.05) is 48.2 Å². The van der Waals surface area contributed by atoms with E-state index in [1.54, 1.807) is 42.6 Å². The molecule has 1 fully saturated rings. The number of methoxy groups -OCH3 is 1. The third-order valence-electron chi connectivity index (χ3n) is 7.49. The Morgan fingerprint density at radius 2 is 1.84 bits per heavy atom. The van der Waals surface area contributed by atoms with E-state index in [1.165, 1.54) is 12.0 Å². The summed E-state index contributed by atoms with van der Waals surface area (Å²) in [5, 5.41) is 14.0. The number of aromatic amines is 1. The topological polar surface area (TPSA) is 117 Å². The first-order valence-electron chi connectivity index (χ1n) is 14.1. The van der Waals surface area contributed by atoms with Gasteiger partial charge in [0.2, 0.25) is 12.1 Å². The number of hydrogen-bond acceptors (Lipinski definition) is 7. The molecule has 2 aliphatic heterocycles. The van der Waals surface area contributed by atoms with Gasteiger partial charge in [-0.3, -0.25) is 14.6 Å². The van der Waals surface area contributed by atoms with Gasteiger partial charge in [-0.2, -0.15) is 0 Å². The molecule has 0 aliphatic carbocycles. The predicted octanol–water partition coefficient (Wildman–Crippen LogP) is 2.98. The normalized spacial score (nSPS) is 17.2. The molecule has 0 saturated carbocycles. The zero-order valence-corrected chi connectivity index (χ0v) is 23.7. The van der Waals surface area contributed by atoms with Crippen molar-refractivity contribution < 1.29 is 38.2 Å². The molecule has 1 saturated heterocycles. The largest absolute Gasteiger partial charge is 0.872 e. The molecule has 3 aromatic carbocycles. The molecule has 1 N–H and O–H groups in total. The van der Waals surface area contributed by atoms with Crippen molar-refractivity contribution in [2.75, 3.05) is 26.9 Å². The van der Waals surface area contributed by atoms with E-state index in [0.29, 0.717) is 61.3 Å². The number of carbonyl (C=O) groups excluding carboxylic acids is 2. The number of fused-ring (bicyclic) bond motifs is 1. The third kappa shape index (κ3) is 5.76. The Hall–Kier alpha value is -5.25. The number of rotatable bonds is 10. The van der Waals surface area contributed by atoms with Crippen LogP contribution in [-0.4, -0.2) is 48.4 Å². The number of likely N-dealkylation sites (tertiary alicyclic amines) is 1. The fraction of sp³-hybridized carbons (Fsp3) is 0.242. The van der Waals surface area contributed by atoms with Crippen molar-refractivity contribution in [3.8, 4) is 23.0 Å². The van der Waals surface area contributed by atoms with E-state index < -0.39 is 23.5 Å². The number of imidazole rings is 1. The van der Waals surface area contributed by atoms with Gasteiger partial charge < -0.3 is 29.0 Å². The van der Waals surface area contributed by atoms with Gasteiger partial charge in [0.1, 0.15) is 32.2 Å². The van der Waals surface area contributed by atoms with E-state index in [0.717, 1.165) is 5.56 Å². The summed E-state index contributed by atoms with van der Waals surface area (Å²) in [5.74, 6) is -0.192. The van der Waals surface area contributed by atoms with Crippen LogP contribution in [0.4, 0.5) is 0 Å². The number of H-pyrrole nitrogens is 1. The number of nitrogens with one attached hydrogen (secondary N) is 1. The molecule has 220 valence electrons. The molecule has 0 bridgehead atoms. The summed E-state index contributed by atoms with van der Waals surface area (Å²) in [7, 11) is 1.52. The highest BCUT2D eigenvalue weighted by atomic mass is 16.6. The van der Waals surface area contributed by atoms with Crippen LogP contribution >= 0.6 is 0 Å². The van der Waals surface area contributed by atoms with E-state index in [2.05, 4.69) is 4.98 Å². The first-order valence-corrected chi connectivity index (χ1v) is 14.1. The average molecular weight is 582 g/mol. The lowest BCUT2D eigenvalue weighted by Crippen LogP contribution is -2.36. The molecule has 10 nitrogen and oxygen atoms in total. The zero-order chi connectivity index (χ0) is 29.8. The number of aryl methyl sites for hydroxylation is 1. The SMILES string of the molecule is COc1cc(C2C(=C([O-])c3ccc4c(c3)OCCO4)C(=O)C(=O)N2CCC[n+]2cc[nH]c2)ccc1OCc1ccccc1. The number of Topliss-reactive ketones (excluding diaryl/α,β-unsaturated/α-hetero) is 1. The van der Waals surface area contributed by atoms with Crippen LogP contribution in [0.5, 0.6) is 23.0 Å². The molecule has 2 aliphatic rings. The Kier molecular flexibility index (Phi) is 7.99. The molecular formula is C33H31N3O7. The standard InChI is InChI=1S/C33H31N3O7/c1-40-27-18-23(8-10-25(27)43-20-22-6-3-2-4-7-22)30-29(31(37)24-9-11-26-28(19-24)42-17-16-41-26)32(38)33(39)36(30)14-5-13-35-15-12-34-21-35/h2-4,6-12,15,18-19,21,30H,5,13-14,16-17,20H2,1H3,(H,37,38). The average Bonchev–Trinajstić information content (AvgIpc) is 3.66. The van der Waals surface area contributed by atoms with E-state index in [1.807, 2.05) is 47.4 Å². The fourth-order valence-electron chi connectivity index (χ4n) is 5.38. The number of carbonyl (C=O) groups is 2. The lowest BCUT2D eigenvalue weighted by molar-refractivity contribution is -0.695. The molecule has 6 rings (SSSR count). The molecule has 0 spiro atoms. The number of nitrogens with zero attached hydrogens (tertiary/aromatic N) is 2. The van der Waals surface area contributed by atoms with E-state index in [9.17, 15) is 14.7 Å². The van der Waals surface area contributed by atoms with Gasteiger partial charge in [-0.05, 0) is 41.0 Å². The maximum Gasteiger partial charge on any atom is 0.295 e. The molecule has 3 heterocycles. The van der Waals surface area contributed by atoms with Crippen LogP contribution in [0.15, 0.2) is 91.0 Å². The summed E-state index contributed by atoms with van der Waals surface area (Å²) in [4.78, 5) is 31.4. The monoisotopic (exact) mass is 581 g/mol. The quantitative estimate of drug-likeness (QED) is 0.132. The molecule has 1 amide bonds. The summed E-state index contributed by atoms with van der Waals surface area (Å²) < 4.78 is 24.9. The first kappa shape index (κ1) is 27.9. The minimum Gasteiger partial charge on any atom is -0.872 e. The van der Waals surface area contributed by atoms with Crippen molar-refractivity contribution >= 4 is 17.4 Å². The number of benzene rings is 3. The number of amides is 1. The van der Waals surface area contributed by atoms with Crippen molar-refractivity contribution in [3.05, 3.63) is 108 Å². The fourth-order valence-corrected chi connectivity index (χ4v) is 5.38. The van der Waals surface area contributed by atoms with Gasteiger partial charge in [0.05, 0.1) is 19.7 Å². The number of hydrogen-bond donors (Lipinski definition) is 1. The molecule has 10 heteroatoms. The number of ketones is 1. The molecule has 1 unspecified atom stereocenters. The highest BCUT2D eigenvalue weighted by molar-refractivity contribution is 6.46. The maximum atomic E-state index is 14.0. The molecule has 43 heavy (non-hydrogen) atoms. The van der Waals surface area contributed by atoms with Crippen LogP contribution in [0.3, 0.4) is 0 Å². The molecule has 1 atom stereocenters. The summed E-state index contributed by atoms with van der Waals surface area (Å²) in [5.41, 5.74) is 1.69. The third-order valence-corrected chi connectivity index (χ3v) is 7.49. The maximum absolute atomic E-state index is 14.0. The Balaban J connectivity index is 1.36. The van der Waals surface area contributed by atoms with E-state index >= 15 is 0 Å². The van der Waals surface area contributed by atoms with Crippen LogP contribution in [-0.2, 0) is 22.7 Å². The van der Waals surface area contributed by atoms with Crippen molar-refractivity contribution in [3.63, 3.8) is 0 Å². The molecule has 4 aromatic rings. The predicted molar refractivity (Wildman–Crippen MR) is 153 cm³/mol. The lowest BCUT2D eigenvalue weighted by atomic mass is 9.94. The van der Waals surface area contributed by atoms with E-state index in [4.69, 9.17) is 18.9 Å². The van der Waals surface area contributed by atoms with Crippen molar-refractivity contribution in [2.24, 2.45) is 0 Å². The van der Waals surface area contributed by atoms with Gasteiger partial charge in [0, 0.05) is 18.5 Å². The Morgan fingerprint density at radius 1 is 1.02 bits per heavy atom. The number of aromatic nitrogens is 2. The number of ether oxygens (including phenoxy) is 4. The van der Waals surface area contributed by atoms with Gasteiger partial charge in [0.25, 0.3) is 5.91 Å². The Bertz CT molecular complexity index is 1650. The van der Waals surface area contributed by atoms with Gasteiger partial charge in [0.15, 0.2) is 23.0 Å². The Morgan fingerprint density at radius 3 is 2.60 bits per heavy atom. The molecule has 1 aromatic heterocycles. The van der Waals surface area contributed by atoms with Crippen molar-refractivity contribution in [2.45, 2.75) is 25.6 Å². The molecular weight excluding hydrogens is 550 g/mol. The van der Waals surface area contributed by atoms with Crippen LogP contribution in [0.1, 0.15) is 29.2 Å². The van der Waals surface area contributed by atoms with Gasteiger partial charge in [-0.15, -0.1) is 0 Å². The second-order valence-electron chi connectivity index (χ2n) is 10.2. The summed E-state index contributed by atoms with van der Waals surface area (Å²) in [6, 6.07) is 18.9.